The van der Waals surface area contributed by atoms with E-state index in [1.54, 1.807) is 18.3 Å². The quantitative estimate of drug-likeness (QED) is 0.865. The van der Waals surface area contributed by atoms with E-state index in [1.807, 2.05) is 20.8 Å². The summed E-state index contributed by atoms with van der Waals surface area (Å²) in [6.07, 6.45) is 1.54. The first-order valence-corrected chi connectivity index (χ1v) is 6.50. The van der Waals surface area contributed by atoms with Crippen LogP contribution in [0.3, 0.4) is 0 Å². The molecule has 110 valence electrons. The van der Waals surface area contributed by atoms with E-state index in [4.69, 9.17) is 0 Å². The lowest BCUT2D eigenvalue weighted by Gasteiger charge is -2.19. The SMILES string of the molecule is COC(=O)N[C@H](CC(C)C)C(=O)Nc1ccnc(C)c1. The van der Waals surface area contributed by atoms with Gasteiger partial charge in [-0.05, 0) is 31.4 Å². The van der Waals surface area contributed by atoms with Gasteiger partial charge in [0, 0.05) is 17.6 Å². The van der Waals surface area contributed by atoms with Crippen LogP contribution < -0.4 is 10.6 Å². The van der Waals surface area contributed by atoms with Crippen LogP contribution in [0.15, 0.2) is 18.3 Å². The van der Waals surface area contributed by atoms with Crippen molar-refractivity contribution >= 4 is 17.7 Å². The first-order valence-electron chi connectivity index (χ1n) is 6.50. The number of nitrogens with zero attached hydrogens (tertiary/aromatic N) is 1. The number of hydrogen-bond donors (Lipinski definition) is 2. The van der Waals surface area contributed by atoms with Crippen molar-refractivity contribution in [3.63, 3.8) is 0 Å². The summed E-state index contributed by atoms with van der Waals surface area (Å²) in [4.78, 5) is 27.6. The van der Waals surface area contributed by atoms with Gasteiger partial charge in [0.15, 0.2) is 0 Å². The summed E-state index contributed by atoms with van der Waals surface area (Å²) in [5.74, 6) is -0.00298. The molecule has 1 heterocycles. The predicted octanol–water partition coefficient (Wildman–Crippen LogP) is 2.10. The highest BCUT2D eigenvalue weighted by Gasteiger charge is 2.22. The van der Waals surface area contributed by atoms with Crippen molar-refractivity contribution in [3.05, 3.63) is 24.0 Å². The molecule has 20 heavy (non-hydrogen) atoms. The lowest BCUT2D eigenvalue weighted by Crippen LogP contribution is -2.44. The largest absolute Gasteiger partial charge is 0.453 e. The van der Waals surface area contributed by atoms with Gasteiger partial charge < -0.3 is 15.4 Å². The standard InChI is InChI=1S/C14H21N3O3/c1-9(2)7-12(17-14(19)20-4)13(18)16-11-5-6-15-10(3)8-11/h5-6,8-9,12H,7H2,1-4H3,(H,17,19)(H,15,16,18)/t12-/m1/s1. The molecular weight excluding hydrogens is 258 g/mol. The number of ether oxygens (including phenoxy) is 1. The van der Waals surface area contributed by atoms with Crippen LogP contribution >= 0.6 is 0 Å². The highest BCUT2D eigenvalue weighted by molar-refractivity contribution is 5.96. The number of carbonyl (C=O) groups is 2. The van der Waals surface area contributed by atoms with Crippen LogP contribution in [-0.4, -0.2) is 30.1 Å². The van der Waals surface area contributed by atoms with Gasteiger partial charge in [-0.1, -0.05) is 13.8 Å². The van der Waals surface area contributed by atoms with Gasteiger partial charge in [-0.2, -0.15) is 0 Å². The number of pyridine rings is 1. The van der Waals surface area contributed by atoms with Crippen molar-refractivity contribution in [3.8, 4) is 0 Å². The number of aromatic nitrogens is 1. The minimum atomic E-state index is -0.629. The molecule has 1 aromatic heterocycles. The van der Waals surface area contributed by atoms with E-state index in [0.29, 0.717) is 12.1 Å². The third-order valence-corrected chi connectivity index (χ3v) is 2.67. The van der Waals surface area contributed by atoms with Crippen LogP contribution in [-0.2, 0) is 9.53 Å². The molecule has 0 spiro atoms. The molecule has 1 atom stereocenters. The number of hydrogen-bond acceptors (Lipinski definition) is 4. The highest BCUT2D eigenvalue weighted by Crippen LogP contribution is 2.11. The van der Waals surface area contributed by atoms with Crippen molar-refractivity contribution < 1.29 is 14.3 Å². The van der Waals surface area contributed by atoms with Crippen molar-refractivity contribution in [2.75, 3.05) is 12.4 Å². The maximum atomic E-state index is 12.2. The zero-order chi connectivity index (χ0) is 15.1. The number of carbonyl (C=O) groups excluding carboxylic acids is 2. The number of anilines is 1. The summed E-state index contributed by atoms with van der Waals surface area (Å²) < 4.78 is 4.54. The minimum Gasteiger partial charge on any atom is -0.453 e. The van der Waals surface area contributed by atoms with E-state index in [2.05, 4.69) is 20.4 Å². The fourth-order valence-corrected chi connectivity index (χ4v) is 1.76. The van der Waals surface area contributed by atoms with E-state index < -0.39 is 12.1 Å². The molecule has 0 saturated heterocycles. The van der Waals surface area contributed by atoms with Gasteiger partial charge in [-0.25, -0.2) is 4.79 Å². The highest BCUT2D eigenvalue weighted by atomic mass is 16.5. The number of alkyl carbamates (subject to hydrolysis) is 1. The predicted molar refractivity (Wildman–Crippen MR) is 76.4 cm³/mol. The van der Waals surface area contributed by atoms with Crippen LogP contribution in [0, 0.1) is 12.8 Å². The van der Waals surface area contributed by atoms with E-state index >= 15 is 0 Å². The molecule has 6 heteroatoms. The summed E-state index contributed by atoms with van der Waals surface area (Å²) in [6, 6.07) is 2.84. The van der Waals surface area contributed by atoms with Crippen molar-refractivity contribution in [1.29, 1.82) is 0 Å². The number of rotatable bonds is 5. The van der Waals surface area contributed by atoms with Gasteiger partial charge in [0.25, 0.3) is 0 Å². The first-order chi connectivity index (χ1) is 9.42. The van der Waals surface area contributed by atoms with Crippen LogP contribution in [0.4, 0.5) is 10.5 Å². The molecule has 2 N–H and O–H groups in total. The molecule has 0 aromatic carbocycles. The van der Waals surface area contributed by atoms with Crippen molar-refractivity contribution in [2.45, 2.75) is 33.2 Å². The lowest BCUT2D eigenvalue weighted by atomic mass is 10.0. The Kier molecular flexibility index (Phi) is 5.96. The normalized spacial score (nSPS) is 11.8. The molecule has 1 aromatic rings. The monoisotopic (exact) mass is 279 g/mol. The fraction of sp³-hybridized carbons (Fsp3) is 0.500. The number of aryl methyl sites for hydroxylation is 1. The van der Waals surface area contributed by atoms with Crippen molar-refractivity contribution in [2.24, 2.45) is 5.92 Å². The lowest BCUT2D eigenvalue weighted by molar-refractivity contribution is -0.118. The Morgan fingerprint density at radius 3 is 2.65 bits per heavy atom. The number of amides is 2. The average molecular weight is 279 g/mol. The Balaban J connectivity index is 2.74. The van der Waals surface area contributed by atoms with Crippen LogP contribution in [0.25, 0.3) is 0 Å². The molecule has 6 nitrogen and oxygen atoms in total. The van der Waals surface area contributed by atoms with Crippen molar-refractivity contribution in [1.82, 2.24) is 10.3 Å². The Hall–Kier alpha value is -2.11. The molecule has 0 fully saturated rings. The molecule has 0 unspecified atom stereocenters. The van der Waals surface area contributed by atoms with Crippen LogP contribution in [0.1, 0.15) is 26.0 Å². The summed E-state index contributed by atoms with van der Waals surface area (Å²) >= 11 is 0. The first kappa shape index (κ1) is 15.9. The third-order valence-electron chi connectivity index (χ3n) is 2.67. The topological polar surface area (TPSA) is 80.3 Å². The second kappa shape index (κ2) is 7.47. The second-order valence-electron chi connectivity index (χ2n) is 4.99. The Bertz CT molecular complexity index is 474. The van der Waals surface area contributed by atoms with Gasteiger partial charge in [0.1, 0.15) is 6.04 Å². The van der Waals surface area contributed by atoms with Gasteiger partial charge in [-0.15, -0.1) is 0 Å². The average Bonchev–Trinajstić information content (AvgIpc) is 2.37. The third kappa shape index (κ3) is 5.26. The Morgan fingerprint density at radius 2 is 2.10 bits per heavy atom. The number of nitrogens with one attached hydrogen (secondary N) is 2. The molecule has 2 amide bonds. The summed E-state index contributed by atoms with van der Waals surface area (Å²) in [6.45, 7) is 5.81. The molecular formula is C14H21N3O3. The van der Waals surface area contributed by atoms with Crippen LogP contribution in [0.5, 0.6) is 0 Å². The summed E-state index contributed by atoms with van der Waals surface area (Å²) in [5, 5.41) is 5.31. The van der Waals surface area contributed by atoms with Gasteiger partial charge in [0.2, 0.25) is 5.91 Å². The van der Waals surface area contributed by atoms with Gasteiger partial charge >= 0.3 is 6.09 Å². The van der Waals surface area contributed by atoms with Gasteiger partial charge in [0.05, 0.1) is 7.11 Å². The maximum absolute atomic E-state index is 12.2. The summed E-state index contributed by atoms with van der Waals surface area (Å²) in [5.41, 5.74) is 1.46. The Labute approximate surface area is 118 Å². The van der Waals surface area contributed by atoms with Gasteiger partial charge in [-0.3, -0.25) is 9.78 Å². The molecule has 0 aliphatic rings. The molecule has 1 rings (SSSR count). The van der Waals surface area contributed by atoms with E-state index in [9.17, 15) is 9.59 Å². The molecule has 0 radical (unpaired) electrons. The maximum Gasteiger partial charge on any atom is 0.407 e. The second-order valence-corrected chi connectivity index (χ2v) is 4.99. The zero-order valence-electron chi connectivity index (χ0n) is 12.3. The smallest absolute Gasteiger partial charge is 0.407 e. The molecule has 0 aliphatic carbocycles. The van der Waals surface area contributed by atoms with E-state index in [1.165, 1.54) is 7.11 Å². The molecule has 0 aliphatic heterocycles. The Morgan fingerprint density at radius 1 is 1.40 bits per heavy atom. The van der Waals surface area contributed by atoms with Crippen LogP contribution in [0.2, 0.25) is 0 Å². The van der Waals surface area contributed by atoms with E-state index in [0.717, 1.165) is 5.69 Å². The zero-order valence-corrected chi connectivity index (χ0v) is 12.3. The minimum absolute atomic E-state index is 0.266. The molecule has 0 saturated carbocycles. The van der Waals surface area contributed by atoms with E-state index in [-0.39, 0.29) is 11.8 Å². The molecule has 0 bridgehead atoms. The fourth-order valence-electron chi connectivity index (χ4n) is 1.76. The number of methoxy groups -OCH3 is 1. The summed E-state index contributed by atoms with van der Waals surface area (Å²) in [7, 11) is 1.27.